The molecule has 1 aliphatic rings. The lowest BCUT2D eigenvalue weighted by Crippen LogP contribution is -2.25. The summed E-state index contributed by atoms with van der Waals surface area (Å²) in [4.78, 5) is 14.7. The van der Waals surface area contributed by atoms with E-state index >= 15 is 0 Å². The molecule has 1 aromatic carbocycles. The molecule has 1 amide bonds. The van der Waals surface area contributed by atoms with E-state index in [9.17, 15) is 4.79 Å². The number of anilines is 1. The summed E-state index contributed by atoms with van der Waals surface area (Å²) in [7, 11) is 4.08. The zero-order chi connectivity index (χ0) is 17.6. The van der Waals surface area contributed by atoms with Gasteiger partial charge in [-0.25, -0.2) is 0 Å². The van der Waals surface area contributed by atoms with Crippen molar-refractivity contribution in [2.45, 2.75) is 19.4 Å². The van der Waals surface area contributed by atoms with Gasteiger partial charge in [-0.1, -0.05) is 6.07 Å². The molecule has 3 N–H and O–H groups in total. The van der Waals surface area contributed by atoms with Crippen LogP contribution in [0.15, 0.2) is 24.3 Å². The van der Waals surface area contributed by atoms with E-state index in [2.05, 4.69) is 25.7 Å². The molecule has 0 saturated carbocycles. The van der Waals surface area contributed by atoms with Gasteiger partial charge in [-0.2, -0.15) is 5.10 Å². The van der Waals surface area contributed by atoms with Crippen molar-refractivity contribution in [3.8, 4) is 5.75 Å². The zero-order valence-corrected chi connectivity index (χ0v) is 14.8. The molecule has 7 heteroatoms. The van der Waals surface area contributed by atoms with E-state index < -0.39 is 0 Å². The van der Waals surface area contributed by atoms with Gasteiger partial charge in [0, 0.05) is 49.1 Å². The summed E-state index contributed by atoms with van der Waals surface area (Å²) < 4.78 is 5.75. The Bertz CT molecular complexity index is 726. The Labute approximate surface area is 147 Å². The van der Waals surface area contributed by atoms with Crippen molar-refractivity contribution < 1.29 is 9.53 Å². The fraction of sp³-hybridized carbons (Fsp3) is 0.444. The van der Waals surface area contributed by atoms with Gasteiger partial charge in [0.15, 0.2) is 5.69 Å². The lowest BCUT2D eigenvalue weighted by atomic mass is 10.1. The molecule has 2 heterocycles. The first-order chi connectivity index (χ1) is 12.1. The second-order valence-corrected chi connectivity index (χ2v) is 6.44. The summed E-state index contributed by atoms with van der Waals surface area (Å²) in [5.74, 6) is 0.549. The van der Waals surface area contributed by atoms with Crippen LogP contribution in [0.1, 0.15) is 28.2 Å². The monoisotopic (exact) mass is 343 g/mol. The number of ether oxygens (including phenoxy) is 1. The molecule has 0 unspecified atom stereocenters. The van der Waals surface area contributed by atoms with E-state index in [1.807, 2.05) is 38.4 Å². The number of hydrogen-bond donors (Lipinski definition) is 3. The summed E-state index contributed by atoms with van der Waals surface area (Å²) in [6.45, 7) is 3.20. The quantitative estimate of drug-likeness (QED) is 0.666. The van der Waals surface area contributed by atoms with Gasteiger partial charge in [-0.3, -0.25) is 9.89 Å². The van der Waals surface area contributed by atoms with Crippen molar-refractivity contribution >= 4 is 11.6 Å². The fourth-order valence-corrected chi connectivity index (χ4v) is 2.84. The van der Waals surface area contributed by atoms with Crippen LogP contribution in [-0.2, 0) is 13.0 Å². The number of nitrogens with zero attached hydrogens (tertiary/aromatic N) is 2. The number of benzene rings is 1. The van der Waals surface area contributed by atoms with E-state index in [4.69, 9.17) is 4.74 Å². The Kier molecular flexibility index (Phi) is 5.67. The van der Waals surface area contributed by atoms with Crippen LogP contribution in [0.5, 0.6) is 5.75 Å². The SMILES string of the molecule is CN(C)CCCOc1cccc(NC(=O)c2n[nH]c3c2CNCC3)c1. The molecule has 25 heavy (non-hydrogen) atoms. The largest absolute Gasteiger partial charge is 0.493 e. The molecule has 1 aliphatic heterocycles. The number of rotatable bonds is 7. The van der Waals surface area contributed by atoms with Crippen molar-refractivity contribution in [1.82, 2.24) is 20.4 Å². The Hall–Kier alpha value is -2.38. The summed E-state index contributed by atoms with van der Waals surface area (Å²) in [5.41, 5.74) is 3.16. The maximum Gasteiger partial charge on any atom is 0.276 e. The number of aromatic amines is 1. The highest BCUT2D eigenvalue weighted by Crippen LogP contribution is 2.20. The number of nitrogens with one attached hydrogen (secondary N) is 3. The highest BCUT2D eigenvalue weighted by atomic mass is 16.5. The Morgan fingerprint density at radius 3 is 3.12 bits per heavy atom. The number of carbonyl (C=O) groups excluding carboxylic acids is 1. The third kappa shape index (κ3) is 4.58. The van der Waals surface area contributed by atoms with Gasteiger partial charge in [-0.15, -0.1) is 0 Å². The Morgan fingerprint density at radius 2 is 2.28 bits per heavy atom. The molecule has 134 valence electrons. The van der Waals surface area contributed by atoms with Gasteiger partial charge in [0.05, 0.1) is 6.61 Å². The topological polar surface area (TPSA) is 82.3 Å². The lowest BCUT2D eigenvalue weighted by molar-refractivity contribution is 0.102. The van der Waals surface area contributed by atoms with E-state index in [0.29, 0.717) is 24.5 Å². The third-order valence-electron chi connectivity index (χ3n) is 4.13. The average molecular weight is 343 g/mol. The molecule has 7 nitrogen and oxygen atoms in total. The molecule has 0 aliphatic carbocycles. The molecule has 0 atom stereocenters. The van der Waals surface area contributed by atoms with E-state index in [1.165, 1.54) is 0 Å². The van der Waals surface area contributed by atoms with Crippen molar-refractivity contribution in [3.05, 3.63) is 41.2 Å². The summed E-state index contributed by atoms with van der Waals surface area (Å²) >= 11 is 0. The van der Waals surface area contributed by atoms with E-state index in [-0.39, 0.29) is 5.91 Å². The molecule has 1 aromatic heterocycles. The molecule has 0 radical (unpaired) electrons. The first-order valence-corrected chi connectivity index (χ1v) is 8.59. The summed E-state index contributed by atoms with van der Waals surface area (Å²) in [6.07, 6.45) is 1.82. The predicted octanol–water partition coefficient (Wildman–Crippen LogP) is 1.64. The van der Waals surface area contributed by atoms with Gasteiger partial charge in [0.25, 0.3) is 5.91 Å². The van der Waals surface area contributed by atoms with E-state index in [1.54, 1.807) is 0 Å². The van der Waals surface area contributed by atoms with Gasteiger partial charge < -0.3 is 20.3 Å². The summed E-state index contributed by atoms with van der Waals surface area (Å²) in [6, 6.07) is 7.46. The molecule has 0 saturated heterocycles. The maximum absolute atomic E-state index is 12.5. The molecular weight excluding hydrogens is 318 g/mol. The number of H-pyrrole nitrogens is 1. The van der Waals surface area contributed by atoms with E-state index in [0.717, 1.165) is 42.9 Å². The highest BCUT2D eigenvalue weighted by molar-refractivity contribution is 6.04. The lowest BCUT2D eigenvalue weighted by Gasteiger charge is -2.13. The fourth-order valence-electron chi connectivity index (χ4n) is 2.84. The van der Waals surface area contributed by atoms with Crippen molar-refractivity contribution in [2.24, 2.45) is 0 Å². The smallest absolute Gasteiger partial charge is 0.276 e. The average Bonchev–Trinajstić information content (AvgIpc) is 3.03. The molecule has 3 rings (SSSR count). The van der Waals surface area contributed by atoms with Crippen molar-refractivity contribution in [2.75, 3.05) is 39.1 Å². The minimum atomic E-state index is -0.203. The first kappa shape index (κ1) is 17.4. The standard InChI is InChI=1S/C18H25N5O2/c1-23(2)9-4-10-25-14-6-3-5-13(11-14)20-18(24)17-15-12-19-8-7-16(15)21-22-17/h3,5-6,11,19H,4,7-10,12H2,1-2H3,(H,20,24)(H,21,22). The second-order valence-electron chi connectivity index (χ2n) is 6.44. The zero-order valence-electron chi connectivity index (χ0n) is 14.8. The minimum absolute atomic E-state index is 0.203. The van der Waals surface area contributed by atoms with Crippen molar-refractivity contribution in [1.29, 1.82) is 0 Å². The van der Waals surface area contributed by atoms with Crippen LogP contribution < -0.4 is 15.4 Å². The molecule has 0 bridgehead atoms. The van der Waals surface area contributed by atoms with Crippen LogP contribution >= 0.6 is 0 Å². The van der Waals surface area contributed by atoms with Crippen LogP contribution in [0.4, 0.5) is 5.69 Å². The van der Waals surface area contributed by atoms with Gasteiger partial charge in [0.1, 0.15) is 5.75 Å². The molecular formula is C18H25N5O2. The van der Waals surface area contributed by atoms with Crippen LogP contribution in [0.2, 0.25) is 0 Å². The maximum atomic E-state index is 12.5. The van der Waals surface area contributed by atoms with Crippen molar-refractivity contribution in [3.63, 3.8) is 0 Å². The van der Waals surface area contributed by atoms with Gasteiger partial charge >= 0.3 is 0 Å². The number of carbonyl (C=O) groups is 1. The molecule has 0 fully saturated rings. The second kappa shape index (κ2) is 8.13. The summed E-state index contributed by atoms with van der Waals surface area (Å²) in [5, 5.41) is 13.3. The normalized spacial score (nSPS) is 13.6. The number of hydrogen-bond acceptors (Lipinski definition) is 5. The number of amides is 1. The Morgan fingerprint density at radius 1 is 1.40 bits per heavy atom. The highest BCUT2D eigenvalue weighted by Gasteiger charge is 2.21. The van der Waals surface area contributed by atoms with Crippen LogP contribution in [-0.4, -0.2) is 54.8 Å². The molecule has 2 aromatic rings. The predicted molar refractivity (Wildman–Crippen MR) is 97.1 cm³/mol. The van der Waals surface area contributed by atoms with Gasteiger partial charge in [0.2, 0.25) is 0 Å². The molecule has 0 spiro atoms. The van der Waals surface area contributed by atoms with Gasteiger partial charge in [-0.05, 0) is 32.6 Å². The minimum Gasteiger partial charge on any atom is -0.493 e. The third-order valence-corrected chi connectivity index (χ3v) is 4.13. The number of aromatic nitrogens is 2. The van der Waals surface area contributed by atoms with Crippen LogP contribution in [0.3, 0.4) is 0 Å². The Balaban J connectivity index is 1.60. The first-order valence-electron chi connectivity index (χ1n) is 8.59. The van der Waals surface area contributed by atoms with Crippen LogP contribution in [0, 0.1) is 0 Å². The van der Waals surface area contributed by atoms with Crippen LogP contribution in [0.25, 0.3) is 0 Å². The number of fused-ring (bicyclic) bond motifs is 1.